The van der Waals surface area contributed by atoms with Crippen LogP contribution < -0.4 is 0 Å². The predicted molar refractivity (Wildman–Crippen MR) is 487 cm³/mol. The maximum atomic E-state index is 2.51. The van der Waals surface area contributed by atoms with Crippen molar-refractivity contribution in [3.8, 4) is 139 Å². The first kappa shape index (κ1) is 66.0. The second kappa shape index (κ2) is 27.5. The van der Waals surface area contributed by atoms with Crippen LogP contribution in [-0.4, -0.2) is 4.57 Å². The third-order valence-electron chi connectivity index (χ3n) is 23.1. The van der Waals surface area contributed by atoms with Crippen molar-refractivity contribution >= 4 is 106 Å². The Bertz CT molecular complexity index is 7090. The van der Waals surface area contributed by atoms with Gasteiger partial charge in [0.15, 0.2) is 0 Å². The molecule has 22 aromatic rings. The first-order valence-electron chi connectivity index (χ1n) is 38.8. The monoisotopic (exact) mass is 1470 g/mol. The van der Waals surface area contributed by atoms with Crippen LogP contribution in [0.15, 0.2) is 419 Å². The molecule has 0 spiro atoms. The largest absolute Gasteiger partial charge is 0.309 e. The van der Waals surface area contributed by atoms with Crippen LogP contribution in [0.25, 0.3) is 223 Å². The Balaban J connectivity index is 0.764. The van der Waals surface area contributed by atoms with E-state index in [0.29, 0.717) is 0 Å². The molecule has 0 aliphatic rings. The fourth-order valence-corrected chi connectivity index (χ4v) is 20.1. The fraction of sp³-hybridized carbons (Fsp3) is 0. The molecule has 0 radical (unpaired) electrons. The standard InChI is InChI=1S/C110H69NS2/c1-6-24-70(25-7-1)76-34-20-38-80(58-76)84-50-56-105-99(62-84)101-68-88(82-40-22-36-78(60-82)72-28-10-3-11-29-72)66-95(109(101)112-105)86-48-54-103-97(64-86)98-65-87(49-55-104(98)111(103)90-52-46-75(47-53-90)108-93-44-18-16-42-91(93)107(74-32-14-5-15-33-74)92-43-17-19-45-94(92)108)96-67-89(83-41-23-37-79(61-83)73-30-12-4-13-31-73)69-102-100-63-85(51-57-106(100)113-110(96)102)81-39-21-35-77(59-81)71-26-8-2-9-27-71/h1-69H. The number of benzene rings is 19. The molecule has 0 atom stereocenters. The van der Waals surface area contributed by atoms with E-state index in [1.54, 1.807) is 0 Å². The van der Waals surface area contributed by atoms with Crippen LogP contribution in [-0.2, 0) is 0 Å². The highest BCUT2D eigenvalue weighted by Gasteiger charge is 2.24. The van der Waals surface area contributed by atoms with Crippen LogP contribution in [0.5, 0.6) is 0 Å². The Hall–Kier alpha value is -14.1. The third kappa shape index (κ3) is 11.7. The molecule has 0 aliphatic carbocycles. The molecule has 3 aromatic heterocycles. The number of hydrogen-bond donors (Lipinski definition) is 0. The molecule has 1 nitrogen and oxygen atoms in total. The Kier molecular flexibility index (Phi) is 16.1. The molecule has 0 saturated heterocycles. The molecular formula is C110H69NS2. The van der Waals surface area contributed by atoms with E-state index in [2.05, 4.69) is 423 Å². The zero-order valence-electron chi connectivity index (χ0n) is 61.6. The quantitative estimate of drug-likeness (QED) is 0.101. The summed E-state index contributed by atoms with van der Waals surface area (Å²) in [6.07, 6.45) is 0. The lowest BCUT2D eigenvalue weighted by Crippen LogP contribution is -1.95. The number of rotatable bonds is 13. The normalized spacial score (nSPS) is 11.7. The molecule has 3 heteroatoms. The number of hydrogen-bond acceptors (Lipinski definition) is 2. The van der Waals surface area contributed by atoms with Gasteiger partial charge in [-0.2, -0.15) is 0 Å². The van der Waals surface area contributed by atoms with E-state index in [0.717, 1.165) is 16.7 Å². The molecule has 0 bridgehead atoms. The van der Waals surface area contributed by atoms with Crippen molar-refractivity contribution in [1.82, 2.24) is 4.57 Å². The maximum Gasteiger partial charge on any atom is 0.0541 e. The Morgan fingerprint density at radius 1 is 0.150 bits per heavy atom. The summed E-state index contributed by atoms with van der Waals surface area (Å²) in [4.78, 5) is 0. The number of nitrogens with zero attached hydrogens (tertiary/aromatic N) is 1. The van der Waals surface area contributed by atoms with Gasteiger partial charge >= 0.3 is 0 Å². The molecule has 526 valence electrons. The van der Waals surface area contributed by atoms with Gasteiger partial charge in [0, 0.05) is 67.9 Å². The van der Waals surface area contributed by atoms with Gasteiger partial charge < -0.3 is 4.57 Å². The minimum absolute atomic E-state index is 1.10. The van der Waals surface area contributed by atoms with Crippen molar-refractivity contribution in [1.29, 1.82) is 0 Å². The summed E-state index contributed by atoms with van der Waals surface area (Å²) >= 11 is 3.80. The third-order valence-corrected chi connectivity index (χ3v) is 25.6. The Labute approximate surface area is 663 Å². The van der Waals surface area contributed by atoms with Gasteiger partial charge in [0.05, 0.1) is 11.0 Å². The van der Waals surface area contributed by atoms with Gasteiger partial charge in [0.2, 0.25) is 0 Å². The van der Waals surface area contributed by atoms with Gasteiger partial charge in [-0.25, -0.2) is 0 Å². The highest BCUT2D eigenvalue weighted by Crippen LogP contribution is 2.51. The predicted octanol–water partition coefficient (Wildman–Crippen LogP) is 31.8. The smallest absolute Gasteiger partial charge is 0.0541 e. The van der Waals surface area contributed by atoms with E-state index < -0.39 is 0 Å². The van der Waals surface area contributed by atoms with Gasteiger partial charge in [-0.3, -0.25) is 0 Å². The van der Waals surface area contributed by atoms with Gasteiger partial charge in [-0.1, -0.05) is 309 Å². The SMILES string of the molecule is c1ccc(-c2cccc(-c3ccc4sc5c(-c6ccc7c(c6)c6cc(-c8cc(-c9cccc(-c%10ccccc%10)c9)cc9c8sc8ccc(-c%10cccc(-c%11ccccc%11)c%10)cc89)ccc6n7-c6ccc(-c7c8ccccc8c(-c8ccccc8)c8ccccc78)cc6)cc(-c6cccc(-c7ccccc7)c6)cc5c4c3)c2)cc1. The Morgan fingerprint density at radius 3 is 0.761 bits per heavy atom. The average molecular weight is 1470 g/mol. The summed E-state index contributed by atoms with van der Waals surface area (Å²) in [5, 5.41) is 12.3. The van der Waals surface area contributed by atoms with Crippen LogP contribution in [0, 0.1) is 0 Å². The molecule has 113 heavy (non-hydrogen) atoms. The number of aromatic nitrogens is 1. The molecule has 19 aromatic carbocycles. The van der Waals surface area contributed by atoms with Crippen molar-refractivity contribution in [3.05, 3.63) is 419 Å². The highest BCUT2D eigenvalue weighted by atomic mass is 32.1. The summed E-state index contributed by atoms with van der Waals surface area (Å²) in [6, 6.07) is 156. The lowest BCUT2D eigenvalue weighted by molar-refractivity contribution is 1.18. The summed E-state index contributed by atoms with van der Waals surface area (Å²) in [5.74, 6) is 0. The van der Waals surface area contributed by atoms with Crippen LogP contribution in [0.2, 0.25) is 0 Å². The first-order chi connectivity index (χ1) is 56.0. The molecule has 0 fully saturated rings. The van der Waals surface area contributed by atoms with Crippen molar-refractivity contribution in [2.75, 3.05) is 0 Å². The second-order valence-electron chi connectivity index (χ2n) is 29.8. The number of thiophene rings is 2. The van der Waals surface area contributed by atoms with E-state index >= 15 is 0 Å². The topological polar surface area (TPSA) is 4.93 Å². The zero-order valence-corrected chi connectivity index (χ0v) is 63.2. The van der Waals surface area contributed by atoms with Crippen molar-refractivity contribution in [2.45, 2.75) is 0 Å². The summed E-state index contributed by atoms with van der Waals surface area (Å²) in [5.41, 5.74) is 32.1. The van der Waals surface area contributed by atoms with Gasteiger partial charge in [-0.15, -0.1) is 22.7 Å². The molecule has 0 N–H and O–H groups in total. The zero-order chi connectivity index (χ0) is 74.5. The highest BCUT2D eigenvalue weighted by molar-refractivity contribution is 7.26. The van der Waals surface area contributed by atoms with Crippen LogP contribution in [0.3, 0.4) is 0 Å². The first-order valence-corrected chi connectivity index (χ1v) is 40.4. The van der Waals surface area contributed by atoms with Crippen molar-refractivity contribution < 1.29 is 0 Å². The lowest BCUT2D eigenvalue weighted by atomic mass is 9.86. The van der Waals surface area contributed by atoms with Gasteiger partial charge in [-0.05, 0) is 253 Å². The average Bonchev–Trinajstić information content (AvgIpc) is 0.919. The minimum Gasteiger partial charge on any atom is -0.309 e. The van der Waals surface area contributed by atoms with E-state index in [1.807, 2.05) is 22.7 Å². The number of fused-ring (bicyclic) bond motifs is 11. The Morgan fingerprint density at radius 2 is 0.407 bits per heavy atom. The molecule has 0 aliphatic heterocycles. The molecular weight excluding hydrogens is 1400 g/mol. The second-order valence-corrected chi connectivity index (χ2v) is 31.9. The van der Waals surface area contributed by atoms with Gasteiger partial charge in [0.1, 0.15) is 0 Å². The summed E-state index contributed by atoms with van der Waals surface area (Å²) < 4.78 is 7.56. The minimum atomic E-state index is 1.10. The van der Waals surface area contributed by atoms with E-state index in [-0.39, 0.29) is 0 Å². The molecule has 3 heterocycles. The summed E-state index contributed by atoms with van der Waals surface area (Å²) in [6.45, 7) is 0. The molecule has 0 amide bonds. The van der Waals surface area contributed by atoms with Crippen LogP contribution in [0.4, 0.5) is 0 Å². The molecule has 0 unspecified atom stereocenters. The van der Waals surface area contributed by atoms with E-state index in [9.17, 15) is 0 Å². The lowest BCUT2D eigenvalue weighted by Gasteiger charge is -2.18. The van der Waals surface area contributed by atoms with Crippen molar-refractivity contribution in [3.63, 3.8) is 0 Å². The van der Waals surface area contributed by atoms with E-state index in [1.165, 1.54) is 206 Å². The van der Waals surface area contributed by atoms with Crippen LogP contribution >= 0.6 is 22.7 Å². The molecule has 22 rings (SSSR count). The van der Waals surface area contributed by atoms with Gasteiger partial charge in [0.25, 0.3) is 0 Å². The molecule has 0 saturated carbocycles. The summed E-state index contributed by atoms with van der Waals surface area (Å²) in [7, 11) is 0. The van der Waals surface area contributed by atoms with E-state index in [4.69, 9.17) is 0 Å². The maximum absolute atomic E-state index is 2.51. The fourth-order valence-electron chi connectivity index (χ4n) is 17.7. The van der Waals surface area contributed by atoms with Crippen LogP contribution in [0.1, 0.15) is 0 Å². The van der Waals surface area contributed by atoms with Crippen molar-refractivity contribution in [2.24, 2.45) is 0 Å².